The Kier molecular flexibility index (Phi) is 6.08. The highest BCUT2D eigenvalue weighted by Crippen LogP contribution is 2.20. The van der Waals surface area contributed by atoms with Crippen LogP contribution in [0.1, 0.15) is 24.2 Å². The van der Waals surface area contributed by atoms with Crippen LogP contribution in [0.2, 0.25) is 0 Å². The molecule has 0 saturated carbocycles. The van der Waals surface area contributed by atoms with E-state index in [1.165, 1.54) is 18.2 Å². The third-order valence-corrected chi connectivity index (χ3v) is 5.75. The van der Waals surface area contributed by atoms with Crippen LogP contribution in [-0.2, 0) is 24.8 Å². The number of piperidine rings is 1. The minimum absolute atomic E-state index is 0.0451. The molecule has 0 radical (unpaired) electrons. The molecular formula is C23H26F2N4O. The number of benzene rings is 2. The molecule has 1 unspecified atom stereocenters. The summed E-state index contributed by atoms with van der Waals surface area (Å²) in [6, 6.07) is 11.2. The van der Waals surface area contributed by atoms with Crippen molar-refractivity contribution in [3.05, 3.63) is 65.5 Å². The third kappa shape index (κ3) is 4.67. The van der Waals surface area contributed by atoms with Crippen molar-refractivity contribution in [3.63, 3.8) is 0 Å². The van der Waals surface area contributed by atoms with Crippen LogP contribution < -0.4 is 5.32 Å². The van der Waals surface area contributed by atoms with Crippen molar-refractivity contribution < 1.29 is 13.6 Å². The predicted molar refractivity (Wildman–Crippen MR) is 112 cm³/mol. The number of halogens is 2. The monoisotopic (exact) mass is 412 g/mol. The van der Waals surface area contributed by atoms with Gasteiger partial charge in [-0.3, -0.25) is 9.69 Å². The number of aryl methyl sites for hydroxylation is 1. The number of aromatic nitrogens is 2. The first-order valence-electron chi connectivity index (χ1n) is 10.3. The summed E-state index contributed by atoms with van der Waals surface area (Å²) in [5, 5.41) is 3.02. The molecule has 1 aliphatic heterocycles. The zero-order valence-electron chi connectivity index (χ0n) is 17.1. The number of hydrogen-bond donors (Lipinski definition) is 1. The largest absolute Gasteiger partial charge is 0.355 e. The van der Waals surface area contributed by atoms with E-state index in [9.17, 15) is 13.6 Å². The van der Waals surface area contributed by atoms with Crippen LogP contribution in [0.15, 0.2) is 42.5 Å². The predicted octanol–water partition coefficient (Wildman–Crippen LogP) is 3.42. The summed E-state index contributed by atoms with van der Waals surface area (Å²) >= 11 is 0. The molecule has 1 aliphatic rings. The second-order valence-corrected chi connectivity index (χ2v) is 7.97. The number of hydrogen-bond acceptors (Lipinski definition) is 3. The average molecular weight is 412 g/mol. The maximum atomic E-state index is 13.5. The lowest BCUT2D eigenvalue weighted by Crippen LogP contribution is -2.43. The van der Waals surface area contributed by atoms with Gasteiger partial charge in [0.1, 0.15) is 17.5 Å². The van der Waals surface area contributed by atoms with Gasteiger partial charge in [0.2, 0.25) is 5.91 Å². The Balaban J connectivity index is 1.30. The van der Waals surface area contributed by atoms with Crippen molar-refractivity contribution >= 4 is 16.9 Å². The van der Waals surface area contributed by atoms with Gasteiger partial charge in [0.15, 0.2) is 0 Å². The minimum Gasteiger partial charge on any atom is -0.355 e. The quantitative estimate of drug-likeness (QED) is 0.675. The molecule has 0 bridgehead atoms. The van der Waals surface area contributed by atoms with E-state index in [2.05, 4.69) is 15.2 Å². The second-order valence-electron chi connectivity index (χ2n) is 7.97. The molecule has 30 heavy (non-hydrogen) atoms. The zero-order valence-corrected chi connectivity index (χ0v) is 17.1. The summed E-state index contributed by atoms with van der Waals surface area (Å²) in [7, 11) is 1.86. The van der Waals surface area contributed by atoms with E-state index in [1.54, 1.807) is 18.2 Å². The van der Waals surface area contributed by atoms with E-state index in [-0.39, 0.29) is 23.5 Å². The lowest BCUT2D eigenvalue weighted by molar-refractivity contribution is -0.126. The fraction of sp³-hybridized carbons (Fsp3) is 0.391. The molecule has 5 nitrogen and oxygen atoms in total. The Labute approximate surface area is 174 Å². The van der Waals surface area contributed by atoms with Gasteiger partial charge in [-0.05, 0) is 55.3 Å². The molecule has 1 atom stereocenters. The van der Waals surface area contributed by atoms with E-state index in [0.717, 1.165) is 41.8 Å². The molecule has 1 fully saturated rings. The number of fused-ring (bicyclic) bond motifs is 1. The van der Waals surface area contributed by atoms with Crippen molar-refractivity contribution in [2.75, 3.05) is 19.6 Å². The summed E-state index contributed by atoms with van der Waals surface area (Å²) < 4.78 is 28.7. The van der Waals surface area contributed by atoms with E-state index in [4.69, 9.17) is 0 Å². The Morgan fingerprint density at radius 2 is 2.03 bits per heavy atom. The molecule has 1 amide bonds. The van der Waals surface area contributed by atoms with E-state index in [0.29, 0.717) is 26.1 Å². The molecule has 3 aromatic rings. The minimum atomic E-state index is -0.287. The molecule has 0 spiro atoms. The Morgan fingerprint density at radius 1 is 1.20 bits per heavy atom. The molecule has 0 aliphatic carbocycles. The first kappa shape index (κ1) is 20.5. The van der Waals surface area contributed by atoms with Crippen molar-refractivity contribution in [2.45, 2.75) is 25.8 Å². The number of likely N-dealkylation sites (tertiary alicyclic amines) is 1. The van der Waals surface area contributed by atoms with Crippen molar-refractivity contribution in [1.29, 1.82) is 0 Å². The molecule has 1 saturated heterocycles. The Bertz CT molecular complexity index is 1050. The van der Waals surface area contributed by atoms with Crippen molar-refractivity contribution in [3.8, 4) is 0 Å². The smallest absolute Gasteiger partial charge is 0.224 e. The van der Waals surface area contributed by atoms with Gasteiger partial charge in [-0.1, -0.05) is 12.1 Å². The third-order valence-electron chi connectivity index (χ3n) is 5.75. The Morgan fingerprint density at radius 3 is 2.87 bits per heavy atom. The fourth-order valence-electron chi connectivity index (χ4n) is 4.18. The summed E-state index contributed by atoms with van der Waals surface area (Å²) in [6.45, 7) is 2.72. The highest BCUT2D eigenvalue weighted by molar-refractivity contribution is 5.79. The summed E-state index contributed by atoms with van der Waals surface area (Å²) in [4.78, 5) is 19.4. The summed E-state index contributed by atoms with van der Waals surface area (Å²) in [5.74, 6) is 0.270. The molecule has 7 heteroatoms. The highest BCUT2D eigenvalue weighted by Gasteiger charge is 2.25. The molecular weight excluding hydrogens is 386 g/mol. The first-order chi connectivity index (χ1) is 14.5. The van der Waals surface area contributed by atoms with Crippen LogP contribution >= 0.6 is 0 Å². The van der Waals surface area contributed by atoms with Gasteiger partial charge in [-0.15, -0.1) is 0 Å². The van der Waals surface area contributed by atoms with E-state index in [1.807, 2.05) is 17.7 Å². The van der Waals surface area contributed by atoms with Gasteiger partial charge in [-0.2, -0.15) is 0 Å². The van der Waals surface area contributed by atoms with Crippen LogP contribution in [0.3, 0.4) is 0 Å². The normalized spacial score (nSPS) is 17.4. The molecule has 158 valence electrons. The van der Waals surface area contributed by atoms with E-state index < -0.39 is 0 Å². The van der Waals surface area contributed by atoms with Crippen LogP contribution in [0.5, 0.6) is 0 Å². The lowest BCUT2D eigenvalue weighted by atomic mass is 9.96. The molecule has 4 rings (SSSR count). The van der Waals surface area contributed by atoms with Gasteiger partial charge in [0, 0.05) is 33.1 Å². The topological polar surface area (TPSA) is 50.2 Å². The lowest BCUT2D eigenvalue weighted by Gasteiger charge is -2.32. The van der Waals surface area contributed by atoms with Gasteiger partial charge in [0.05, 0.1) is 17.0 Å². The van der Waals surface area contributed by atoms with Crippen LogP contribution in [0, 0.1) is 17.6 Å². The summed E-state index contributed by atoms with van der Waals surface area (Å²) in [5.41, 5.74) is 2.42. The van der Waals surface area contributed by atoms with Crippen LogP contribution in [0.4, 0.5) is 8.78 Å². The van der Waals surface area contributed by atoms with Gasteiger partial charge in [0.25, 0.3) is 0 Å². The number of amides is 1. The van der Waals surface area contributed by atoms with Crippen LogP contribution in [-0.4, -0.2) is 40.0 Å². The van der Waals surface area contributed by atoms with Crippen LogP contribution in [0.25, 0.3) is 11.0 Å². The number of imidazole rings is 1. The number of carbonyl (C=O) groups excluding carboxylic acids is 1. The zero-order chi connectivity index (χ0) is 21.1. The molecule has 2 heterocycles. The number of carbonyl (C=O) groups is 1. The maximum absolute atomic E-state index is 13.5. The molecule has 2 aromatic carbocycles. The SMILES string of the molecule is Cn1c(CCNC(=O)C2CCCN(Cc3cccc(F)c3)C2)nc2ccc(F)cc21. The van der Waals surface area contributed by atoms with Crippen molar-refractivity contribution in [1.82, 2.24) is 19.8 Å². The standard InChI is InChI=1S/C23H26F2N4O/c1-28-21-13-19(25)7-8-20(21)27-22(28)9-10-26-23(30)17-5-3-11-29(15-17)14-16-4-2-6-18(24)12-16/h2,4,6-8,12-13,17H,3,5,9-11,14-15H2,1H3,(H,26,30). The van der Waals surface area contributed by atoms with Gasteiger partial charge >= 0.3 is 0 Å². The number of nitrogens with zero attached hydrogens (tertiary/aromatic N) is 3. The molecule has 1 N–H and O–H groups in total. The van der Waals surface area contributed by atoms with E-state index >= 15 is 0 Å². The highest BCUT2D eigenvalue weighted by atomic mass is 19.1. The second kappa shape index (κ2) is 8.92. The van der Waals surface area contributed by atoms with Gasteiger partial charge < -0.3 is 9.88 Å². The average Bonchev–Trinajstić information content (AvgIpc) is 3.03. The maximum Gasteiger partial charge on any atom is 0.224 e. The molecule has 1 aromatic heterocycles. The summed E-state index contributed by atoms with van der Waals surface area (Å²) in [6.07, 6.45) is 2.39. The van der Waals surface area contributed by atoms with Gasteiger partial charge in [-0.25, -0.2) is 13.8 Å². The number of nitrogens with one attached hydrogen (secondary N) is 1. The van der Waals surface area contributed by atoms with Crippen molar-refractivity contribution in [2.24, 2.45) is 13.0 Å². The number of rotatable bonds is 6. The Hall–Kier alpha value is -2.80. The first-order valence-corrected chi connectivity index (χ1v) is 10.3. The fourth-order valence-corrected chi connectivity index (χ4v) is 4.18.